The lowest BCUT2D eigenvalue weighted by Gasteiger charge is -2.21. The van der Waals surface area contributed by atoms with Crippen LogP contribution in [0, 0.1) is 0 Å². The monoisotopic (exact) mass is 308 g/mol. The summed E-state index contributed by atoms with van der Waals surface area (Å²) in [6, 6.07) is 4.58. The number of benzene rings is 1. The van der Waals surface area contributed by atoms with Gasteiger partial charge in [0.15, 0.2) is 5.12 Å². The van der Waals surface area contributed by atoms with E-state index in [4.69, 9.17) is 0 Å². The fourth-order valence-electron chi connectivity index (χ4n) is 1.70. The quantitative estimate of drug-likeness (QED) is 0.878. The van der Waals surface area contributed by atoms with Gasteiger partial charge in [0.05, 0.1) is 11.7 Å². The number of alkyl halides is 3. The molecule has 0 heterocycles. The number of aliphatic hydroxyl groups is 2. The molecular formula is C13H15F3O3S. The summed E-state index contributed by atoms with van der Waals surface area (Å²) in [5, 5.41) is 19.4. The number of hydrogen-bond acceptors (Lipinski definition) is 4. The smallest absolute Gasteiger partial charge is 0.390 e. The number of hydrogen-bond donors (Lipinski definition) is 2. The van der Waals surface area contributed by atoms with Gasteiger partial charge in [0.1, 0.15) is 6.10 Å². The summed E-state index contributed by atoms with van der Waals surface area (Å²) >= 11 is 0.950. The first kappa shape index (κ1) is 17.0. The van der Waals surface area contributed by atoms with Gasteiger partial charge in [-0.15, -0.1) is 0 Å². The maximum atomic E-state index is 12.8. The van der Waals surface area contributed by atoms with Crippen LogP contribution in [0.2, 0.25) is 0 Å². The first-order chi connectivity index (χ1) is 9.23. The lowest BCUT2D eigenvalue weighted by molar-refractivity contribution is -0.140. The molecule has 0 amide bonds. The normalized spacial score (nSPS) is 14.9. The molecule has 0 saturated heterocycles. The maximum Gasteiger partial charge on any atom is 0.416 e. The zero-order valence-electron chi connectivity index (χ0n) is 10.7. The second-order valence-electron chi connectivity index (χ2n) is 4.23. The van der Waals surface area contributed by atoms with Gasteiger partial charge >= 0.3 is 6.18 Å². The van der Waals surface area contributed by atoms with Crippen molar-refractivity contribution < 1.29 is 28.2 Å². The maximum absolute atomic E-state index is 12.8. The summed E-state index contributed by atoms with van der Waals surface area (Å²) in [5.41, 5.74) is -1.33. The Kier molecular flexibility index (Phi) is 6.04. The molecule has 3 nitrogen and oxygen atoms in total. The Bertz CT molecular complexity index is 462. The minimum absolute atomic E-state index is 0.0254. The van der Waals surface area contributed by atoms with Crippen molar-refractivity contribution in [1.29, 1.82) is 0 Å². The molecule has 2 unspecified atom stereocenters. The number of carbonyl (C=O) groups is 1. The average molecular weight is 308 g/mol. The Morgan fingerprint density at radius 3 is 2.45 bits per heavy atom. The van der Waals surface area contributed by atoms with Crippen LogP contribution in [-0.4, -0.2) is 27.2 Å². The van der Waals surface area contributed by atoms with Crippen LogP contribution in [0.3, 0.4) is 0 Å². The van der Waals surface area contributed by atoms with Crippen molar-refractivity contribution in [1.82, 2.24) is 0 Å². The van der Waals surface area contributed by atoms with Gasteiger partial charge in [-0.3, -0.25) is 4.79 Å². The van der Waals surface area contributed by atoms with Gasteiger partial charge in [-0.25, -0.2) is 0 Å². The third-order valence-corrected chi connectivity index (χ3v) is 3.51. The van der Waals surface area contributed by atoms with Gasteiger partial charge in [-0.1, -0.05) is 30.0 Å². The molecule has 0 fully saturated rings. The Balaban J connectivity index is 2.81. The fourth-order valence-corrected chi connectivity index (χ4v) is 2.35. The van der Waals surface area contributed by atoms with Crippen molar-refractivity contribution in [2.24, 2.45) is 0 Å². The lowest BCUT2D eigenvalue weighted by Crippen LogP contribution is -2.22. The molecule has 0 bridgehead atoms. The molecule has 0 spiro atoms. The number of carbonyl (C=O) groups excluding carboxylic acids is 1. The number of thioether (sulfide) groups is 1. The van der Waals surface area contributed by atoms with Crippen LogP contribution in [-0.2, 0) is 11.0 Å². The molecule has 1 aromatic rings. The van der Waals surface area contributed by atoms with Crippen LogP contribution in [0.1, 0.15) is 30.6 Å². The van der Waals surface area contributed by atoms with Gasteiger partial charge < -0.3 is 10.2 Å². The summed E-state index contributed by atoms with van der Waals surface area (Å²) in [7, 11) is 0. The van der Waals surface area contributed by atoms with Crippen LogP contribution >= 0.6 is 11.8 Å². The molecule has 0 radical (unpaired) electrons. The van der Waals surface area contributed by atoms with E-state index in [2.05, 4.69) is 0 Å². The molecule has 2 N–H and O–H groups in total. The highest BCUT2D eigenvalue weighted by molar-refractivity contribution is 8.13. The Morgan fingerprint density at radius 2 is 1.90 bits per heavy atom. The van der Waals surface area contributed by atoms with E-state index in [1.807, 2.05) is 0 Å². The highest BCUT2D eigenvalue weighted by Crippen LogP contribution is 2.35. The summed E-state index contributed by atoms with van der Waals surface area (Å²) in [4.78, 5) is 10.7. The Hall–Kier alpha value is -1.05. The third kappa shape index (κ3) is 4.81. The summed E-state index contributed by atoms with van der Waals surface area (Å²) < 4.78 is 38.4. The minimum atomic E-state index is -4.59. The zero-order chi connectivity index (χ0) is 15.3. The molecule has 0 aliphatic rings. The highest BCUT2D eigenvalue weighted by atomic mass is 32.2. The van der Waals surface area contributed by atoms with E-state index in [9.17, 15) is 28.2 Å². The third-order valence-electron chi connectivity index (χ3n) is 2.67. The van der Waals surface area contributed by atoms with E-state index >= 15 is 0 Å². The van der Waals surface area contributed by atoms with Crippen LogP contribution in [0.4, 0.5) is 13.2 Å². The van der Waals surface area contributed by atoms with Gasteiger partial charge in [0, 0.05) is 12.7 Å². The number of halogens is 3. The van der Waals surface area contributed by atoms with Gasteiger partial charge in [0.2, 0.25) is 0 Å². The van der Waals surface area contributed by atoms with Crippen LogP contribution in [0.25, 0.3) is 0 Å². The van der Waals surface area contributed by atoms with Crippen molar-refractivity contribution in [3.63, 3.8) is 0 Å². The van der Waals surface area contributed by atoms with Gasteiger partial charge in [-0.2, -0.15) is 13.2 Å². The molecule has 1 aromatic carbocycles. The average Bonchev–Trinajstić information content (AvgIpc) is 2.36. The van der Waals surface area contributed by atoms with Crippen molar-refractivity contribution in [2.45, 2.75) is 31.7 Å². The van der Waals surface area contributed by atoms with Crippen LogP contribution in [0.5, 0.6) is 0 Å². The molecule has 1 rings (SSSR count). The predicted molar refractivity (Wildman–Crippen MR) is 70.2 cm³/mol. The molecule has 0 saturated carbocycles. The van der Waals surface area contributed by atoms with Crippen LogP contribution < -0.4 is 0 Å². The molecule has 2 atom stereocenters. The molecule has 7 heteroatoms. The summed E-state index contributed by atoms with van der Waals surface area (Å²) in [5.74, 6) is 0.238. The van der Waals surface area contributed by atoms with E-state index < -0.39 is 23.9 Å². The van der Waals surface area contributed by atoms with Crippen molar-refractivity contribution in [3.8, 4) is 0 Å². The van der Waals surface area contributed by atoms with Gasteiger partial charge in [0.25, 0.3) is 0 Å². The molecule has 112 valence electrons. The summed E-state index contributed by atoms with van der Waals surface area (Å²) in [6.45, 7) is 1.35. The van der Waals surface area contributed by atoms with Gasteiger partial charge in [-0.05, 0) is 18.1 Å². The van der Waals surface area contributed by atoms with E-state index in [1.165, 1.54) is 19.1 Å². The lowest BCUT2D eigenvalue weighted by atomic mass is 9.97. The zero-order valence-corrected chi connectivity index (χ0v) is 11.5. The van der Waals surface area contributed by atoms with Crippen molar-refractivity contribution >= 4 is 16.9 Å². The SMILES string of the molecule is CC(=O)SCCC(O)C(O)c1ccccc1C(F)(F)F. The number of aliphatic hydroxyl groups excluding tert-OH is 2. The molecule has 20 heavy (non-hydrogen) atoms. The van der Waals surface area contributed by atoms with E-state index in [0.29, 0.717) is 0 Å². The standard InChI is InChI=1S/C13H15F3O3S/c1-8(17)20-7-6-11(18)12(19)9-4-2-3-5-10(9)13(14,15)16/h2-5,11-12,18-19H,6-7H2,1H3. The minimum Gasteiger partial charge on any atom is -0.390 e. The molecule has 0 aromatic heterocycles. The van der Waals surface area contributed by atoms with E-state index in [0.717, 1.165) is 23.9 Å². The Labute approximate surface area is 118 Å². The van der Waals surface area contributed by atoms with E-state index in [-0.39, 0.29) is 22.9 Å². The topological polar surface area (TPSA) is 57.5 Å². The molecule has 0 aliphatic heterocycles. The summed E-state index contributed by atoms with van der Waals surface area (Å²) in [6.07, 6.45) is -7.56. The molecular weight excluding hydrogens is 293 g/mol. The first-order valence-electron chi connectivity index (χ1n) is 5.89. The number of rotatable bonds is 5. The Morgan fingerprint density at radius 1 is 1.30 bits per heavy atom. The predicted octanol–water partition coefficient (Wildman–Crippen LogP) is 2.77. The second-order valence-corrected chi connectivity index (χ2v) is 5.50. The largest absolute Gasteiger partial charge is 0.416 e. The van der Waals surface area contributed by atoms with Crippen molar-refractivity contribution in [2.75, 3.05) is 5.75 Å². The van der Waals surface area contributed by atoms with Crippen molar-refractivity contribution in [3.05, 3.63) is 35.4 Å². The van der Waals surface area contributed by atoms with Crippen LogP contribution in [0.15, 0.2) is 24.3 Å². The molecule has 0 aliphatic carbocycles. The second kappa shape index (κ2) is 7.10. The fraction of sp³-hybridized carbons (Fsp3) is 0.462. The first-order valence-corrected chi connectivity index (χ1v) is 6.87. The highest BCUT2D eigenvalue weighted by Gasteiger charge is 2.35. The van der Waals surface area contributed by atoms with E-state index in [1.54, 1.807) is 0 Å².